The van der Waals surface area contributed by atoms with Crippen LogP contribution in [-0.2, 0) is 0 Å². The van der Waals surface area contributed by atoms with Gasteiger partial charge in [-0.2, -0.15) is 0 Å². The van der Waals surface area contributed by atoms with Gasteiger partial charge in [0.2, 0.25) is 0 Å². The lowest BCUT2D eigenvalue weighted by atomic mass is 10.1. The quantitative estimate of drug-likeness (QED) is 0.822. The molecule has 2 aromatic rings. The molecule has 0 amide bonds. The summed E-state index contributed by atoms with van der Waals surface area (Å²) in [5.74, 6) is 0.705. The lowest BCUT2D eigenvalue weighted by molar-refractivity contribution is 0.181. The van der Waals surface area contributed by atoms with E-state index in [2.05, 4.69) is 0 Å². The zero-order valence-electron chi connectivity index (χ0n) is 11.3. The van der Waals surface area contributed by atoms with Crippen LogP contribution in [0.1, 0.15) is 18.6 Å². The minimum absolute atomic E-state index is 0.276. The van der Waals surface area contributed by atoms with Crippen LogP contribution < -0.4 is 9.47 Å². The van der Waals surface area contributed by atoms with Gasteiger partial charge in [-0.3, -0.25) is 0 Å². The largest absolute Gasteiger partial charge is 0.490 e. The molecular formula is C16H17FO3. The molecule has 2 aromatic carbocycles. The average Bonchev–Trinajstić information content (AvgIpc) is 2.44. The van der Waals surface area contributed by atoms with Crippen LogP contribution in [0.5, 0.6) is 11.5 Å². The maximum Gasteiger partial charge on any atom is 0.128 e. The first-order valence-electron chi connectivity index (χ1n) is 6.45. The smallest absolute Gasteiger partial charge is 0.128 e. The van der Waals surface area contributed by atoms with Gasteiger partial charge in [-0.1, -0.05) is 18.2 Å². The molecule has 0 bridgehead atoms. The van der Waals surface area contributed by atoms with Crippen LogP contribution in [0.25, 0.3) is 0 Å². The highest BCUT2D eigenvalue weighted by molar-refractivity contribution is 5.35. The Balaban J connectivity index is 1.89. The first-order valence-corrected chi connectivity index (χ1v) is 6.45. The molecule has 20 heavy (non-hydrogen) atoms. The number of halogens is 1. The van der Waals surface area contributed by atoms with Crippen molar-refractivity contribution in [3.05, 3.63) is 59.9 Å². The fourth-order valence-corrected chi connectivity index (χ4v) is 1.81. The number of ether oxygens (including phenoxy) is 2. The highest BCUT2D eigenvalue weighted by Gasteiger charge is 2.10. The van der Waals surface area contributed by atoms with Crippen LogP contribution in [0.15, 0.2) is 48.5 Å². The number of rotatable bonds is 6. The van der Waals surface area contributed by atoms with Crippen molar-refractivity contribution in [2.75, 3.05) is 13.2 Å². The molecule has 0 radical (unpaired) electrons. The van der Waals surface area contributed by atoms with Gasteiger partial charge in [0.15, 0.2) is 0 Å². The van der Waals surface area contributed by atoms with Crippen molar-refractivity contribution in [1.82, 2.24) is 0 Å². The maximum absolute atomic E-state index is 13.2. The van der Waals surface area contributed by atoms with Crippen molar-refractivity contribution < 1.29 is 19.0 Å². The first kappa shape index (κ1) is 14.3. The lowest BCUT2D eigenvalue weighted by Crippen LogP contribution is -2.10. The van der Waals surface area contributed by atoms with Crippen molar-refractivity contribution in [1.29, 1.82) is 0 Å². The molecule has 0 aromatic heterocycles. The summed E-state index contributed by atoms with van der Waals surface area (Å²) in [5, 5.41) is 9.60. The number of benzene rings is 2. The zero-order valence-corrected chi connectivity index (χ0v) is 11.3. The molecule has 0 aliphatic rings. The Morgan fingerprint density at radius 3 is 2.45 bits per heavy atom. The summed E-state index contributed by atoms with van der Waals surface area (Å²) >= 11 is 0. The summed E-state index contributed by atoms with van der Waals surface area (Å²) < 4.78 is 24.1. The SMILES string of the molecule is CC(O)c1ccc(F)cc1OCCOc1ccccc1. The molecular weight excluding hydrogens is 259 g/mol. The molecule has 1 N–H and O–H groups in total. The third kappa shape index (κ3) is 3.96. The fraction of sp³-hybridized carbons (Fsp3) is 0.250. The van der Waals surface area contributed by atoms with E-state index < -0.39 is 11.9 Å². The van der Waals surface area contributed by atoms with E-state index in [1.807, 2.05) is 30.3 Å². The van der Waals surface area contributed by atoms with E-state index in [1.54, 1.807) is 6.92 Å². The van der Waals surface area contributed by atoms with Gasteiger partial charge in [-0.15, -0.1) is 0 Å². The lowest BCUT2D eigenvalue weighted by Gasteiger charge is -2.14. The summed E-state index contributed by atoms with van der Waals surface area (Å²) in [7, 11) is 0. The molecule has 0 saturated heterocycles. The normalized spacial score (nSPS) is 11.9. The summed E-state index contributed by atoms with van der Waals surface area (Å²) in [6, 6.07) is 13.5. The maximum atomic E-state index is 13.2. The fourth-order valence-electron chi connectivity index (χ4n) is 1.81. The van der Waals surface area contributed by atoms with Gasteiger partial charge >= 0.3 is 0 Å². The molecule has 0 aliphatic carbocycles. The van der Waals surface area contributed by atoms with Gasteiger partial charge in [0.05, 0.1) is 6.10 Å². The highest BCUT2D eigenvalue weighted by Crippen LogP contribution is 2.25. The van der Waals surface area contributed by atoms with E-state index in [-0.39, 0.29) is 6.61 Å². The number of aliphatic hydroxyl groups is 1. The molecule has 0 spiro atoms. The van der Waals surface area contributed by atoms with Crippen LogP contribution in [0.4, 0.5) is 4.39 Å². The molecule has 106 valence electrons. The van der Waals surface area contributed by atoms with Gasteiger partial charge in [0, 0.05) is 11.6 Å². The second-order valence-corrected chi connectivity index (χ2v) is 4.37. The van der Waals surface area contributed by atoms with Gasteiger partial charge in [0.1, 0.15) is 30.5 Å². The summed E-state index contributed by atoms with van der Waals surface area (Å²) in [5.41, 5.74) is 0.561. The standard InChI is InChI=1S/C16H17FO3/c1-12(18)15-8-7-13(17)11-16(15)20-10-9-19-14-5-3-2-4-6-14/h2-8,11-12,18H,9-10H2,1H3. The summed E-state index contributed by atoms with van der Waals surface area (Å²) in [6.45, 7) is 2.23. The van der Waals surface area contributed by atoms with Gasteiger partial charge < -0.3 is 14.6 Å². The van der Waals surface area contributed by atoms with Crippen LogP contribution >= 0.6 is 0 Å². The Labute approximate surface area is 117 Å². The topological polar surface area (TPSA) is 38.7 Å². The molecule has 0 aliphatic heterocycles. The third-order valence-corrected chi connectivity index (χ3v) is 2.78. The summed E-state index contributed by atoms with van der Waals surface area (Å²) in [4.78, 5) is 0. The number of hydrogen-bond acceptors (Lipinski definition) is 3. The van der Waals surface area contributed by atoms with Gasteiger partial charge in [-0.05, 0) is 31.2 Å². The van der Waals surface area contributed by atoms with Crippen molar-refractivity contribution in [3.8, 4) is 11.5 Å². The monoisotopic (exact) mass is 276 g/mol. The van der Waals surface area contributed by atoms with Crippen molar-refractivity contribution in [3.63, 3.8) is 0 Å². The predicted octanol–water partition coefficient (Wildman–Crippen LogP) is 3.34. The Hall–Kier alpha value is -2.07. The molecule has 0 saturated carbocycles. The molecule has 3 nitrogen and oxygen atoms in total. The molecule has 1 unspecified atom stereocenters. The molecule has 2 rings (SSSR count). The molecule has 0 fully saturated rings. The minimum Gasteiger partial charge on any atom is -0.490 e. The molecule has 1 atom stereocenters. The second kappa shape index (κ2) is 6.91. The number of para-hydroxylation sites is 1. The Morgan fingerprint density at radius 2 is 1.75 bits per heavy atom. The van der Waals surface area contributed by atoms with Crippen molar-refractivity contribution >= 4 is 0 Å². The van der Waals surface area contributed by atoms with Crippen LogP contribution in [0.2, 0.25) is 0 Å². The molecule has 0 heterocycles. The zero-order chi connectivity index (χ0) is 14.4. The number of aliphatic hydroxyl groups excluding tert-OH is 1. The van der Waals surface area contributed by atoms with Crippen molar-refractivity contribution in [2.45, 2.75) is 13.0 Å². The third-order valence-electron chi connectivity index (χ3n) is 2.78. The summed E-state index contributed by atoms with van der Waals surface area (Å²) in [6.07, 6.45) is -0.708. The predicted molar refractivity (Wildman–Crippen MR) is 74.5 cm³/mol. The second-order valence-electron chi connectivity index (χ2n) is 4.37. The Kier molecular flexibility index (Phi) is 4.96. The van der Waals surface area contributed by atoms with E-state index in [0.29, 0.717) is 17.9 Å². The Bertz CT molecular complexity index is 541. The minimum atomic E-state index is -0.708. The van der Waals surface area contributed by atoms with Crippen LogP contribution in [-0.4, -0.2) is 18.3 Å². The van der Waals surface area contributed by atoms with E-state index in [0.717, 1.165) is 5.75 Å². The van der Waals surface area contributed by atoms with E-state index in [4.69, 9.17) is 9.47 Å². The first-order chi connectivity index (χ1) is 9.66. The Morgan fingerprint density at radius 1 is 1.05 bits per heavy atom. The van der Waals surface area contributed by atoms with Crippen LogP contribution in [0, 0.1) is 5.82 Å². The number of hydrogen-bond donors (Lipinski definition) is 1. The van der Waals surface area contributed by atoms with E-state index >= 15 is 0 Å². The van der Waals surface area contributed by atoms with Gasteiger partial charge in [-0.25, -0.2) is 4.39 Å². The highest BCUT2D eigenvalue weighted by atomic mass is 19.1. The van der Waals surface area contributed by atoms with Crippen molar-refractivity contribution in [2.24, 2.45) is 0 Å². The average molecular weight is 276 g/mol. The van der Waals surface area contributed by atoms with E-state index in [1.165, 1.54) is 18.2 Å². The molecule has 4 heteroatoms. The van der Waals surface area contributed by atoms with E-state index in [9.17, 15) is 9.50 Å². The van der Waals surface area contributed by atoms with Crippen LogP contribution in [0.3, 0.4) is 0 Å². The van der Waals surface area contributed by atoms with Gasteiger partial charge in [0.25, 0.3) is 0 Å².